The molecule has 1 atom stereocenters. The maximum atomic E-state index is 11.9. The molecule has 0 aromatic heterocycles. The number of rotatable bonds is 7. The van der Waals surface area contributed by atoms with Gasteiger partial charge in [-0.15, -0.1) is 0 Å². The van der Waals surface area contributed by atoms with Crippen LogP contribution < -0.4 is 5.73 Å². The largest absolute Gasteiger partial charge is 0.345 e. The molecule has 3 heteroatoms. The van der Waals surface area contributed by atoms with E-state index in [9.17, 15) is 4.79 Å². The van der Waals surface area contributed by atoms with Crippen LogP contribution in [0.4, 0.5) is 0 Å². The van der Waals surface area contributed by atoms with Gasteiger partial charge >= 0.3 is 0 Å². The number of nitrogens with two attached hydrogens (primary N) is 1. The SMILES string of the molecule is Cc1ccc(CCCC(=O)N(C)CC(C)CN)cc1. The van der Waals surface area contributed by atoms with Gasteiger partial charge in [-0.25, -0.2) is 0 Å². The van der Waals surface area contributed by atoms with Crippen LogP contribution in [0.15, 0.2) is 24.3 Å². The molecular formula is C16H26N2O. The standard InChI is InChI=1S/C16H26N2O/c1-13-7-9-15(10-8-13)5-4-6-16(19)18(3)12-14(2)11-17/h7-10,14H,4-6,11-12,17H2,1-3H3. The molecule has 0 bridgehead atoms. The maximum absolute atomic E-state index is 11.9. The molecule has 1 rings (SSSR count). The summed E-state index contributed by atoms with van der Waals surface area (Å²) in [5.41, 5.74) is 8.15. The first kappa shape index (κ1) is 15.7. The highest BCUT2D eigenvalue weighted by Crippen LogP contribution is 2.08. The van der Waals surface area contributed by atoms with Gasteiger partial charge in [0.1, 0.15) is 0 Å². The van der Waals surface area contributed by atoms with E-state index < -0.39 is 0 Å². The molecule has 0 aliphatic rings. The van der Waals surface area contributed by atoms with Crippen LogP contribution in [0.3, 0.4) is 0 Å². The van der Waals surface area contributed by atoms with E-state index in [-0.39, 0.29) is 5.91 Å². The smallest absolute Gasteiger partial charge is 0.222 e. The van der Waals surface area contributed by atoms with Gasteiger partial charge in [-0.3, -0.25) is 4.79 Å². The summed E-state index contributed by atoms with van der Waals surface area (Å²) in [5, 5.41) is 0. The Balaban J connectivity index is 2.28. The second-order valence-electron chi connectivity index (χ2n) is 5.45. The minimum Gasteiger partial charge on any atom is -0.345 e. The highest BCUT2D eigenvalue weighted by atomic mass is 16.2. The summed E-state index contributed by atoms with van der Waals surface area (Å²) in [6, 6.07) is 8.51. The molecule has 0 heterocycles. The van der Waals surface area contributed by atoms with Crippen LogP contribution in [0.5, 0.6) is 0 Å². The molecule has 0 aliphatic heterocycles. The van der Waals surface area contributed by atoms with Crippen LogP contribution in [-0.2, 0) is 11.2 Å². The Hall–Kier alpha value is -1.35. The molecule has 0 spiro atoms. The number of carbonyl (C=O) groups excluding carboxylic acids is 1. The van der Waals surface area contributed by atoms with Crippen molar-refractivity contribution < 1.29 is 4.79 Å². The fraction of sp³-hybridized carbons (Fsp3) is 0.562. The average Bonchev–Trinajstić information content (AvgIpc) is 2.40. The van der Waals surface area contributed by atoms with Crippen molar-refractivity contribution in [3.63, 3.8) is 0 Å². The Kier molecular flexibility index (Phi) is 6.57. The van der Waals surface area contributed by atoms with Crippen LogP contribution in [0.25, 0.3) is 0 Å². The normalized spacial score (nSPS) is 12.2. The van der Waals surface area contributed by atoms with Crippen molar-refractivity contribution in [3.05, 3.63) is 35.4 Å². The molecule has 0 saturated carbocycles. The van der Waals surface area contributed by atoms with E-state index in [1.54, 1.807) is 4.90 Å². The first-order chi connectivity index (χ1) is 9.02. The zero-order chi connectivity index (χ0) is 14.3. The molecular weight excluding hydrogens is 236 g/mol. The summed E-state index contributed by atoms with van der Waals surface area (Å²) in [6.45, 7) is 5.53. The monoisotopic (exact) mass is 262 g/mol. The van der Waals surface area contributed by atoms with Crippen molar-refractivity contribution in [2.75, 3.05) is 20.1 Å². The van der Waals surface area contributed by atoms with Crippen LogP contribution >= 0.6 is 0 Å². The van der Waals surface area contributed by atoms with Gasteiger partial charge < -0.3 is 10.6 Å². The molecule has 0 saturated heterocycles. The zero-order valence-electron chi connectivity index (χ0n) is 12.4. The molecule has 19 heavy (non-hydrogen) atoms. The zero-order valence-corrected chi connectivity index (χ0v) is 12.4. The molecule has 0 radical (unpaired) electrons. The highest BCUT2D eigenvalue weighted by Gasteiger charge is 2.11. The summed E-state index contributed by atoms with van der Waals surface area (Å²) in [4.78, 5) is 13.7. The summed E-state index contributed by atoms with van der Waals surface area (Å²) < 4.78 is 0. The second kappa shape index (κ2) is 7.95. The number of amides is 1. The van der Waals surface area contributed by atoms with Crippen molar-refractivity contribution in [1.82, 2.24) is 4.90 Å². The van der Waals surface area contributed by atoms with Crippen molar-refractivity contribution in [3.8, 4) is 0 Å². The van der Waals surface area contributed by atoms with Gasteiger partial charge in [0.15, 0.2) is 0 Å². The second-order valence-corrected chi connectivity index (χ2v) is 5.45. The van der Waals surface area contributed by atoms with Crippen LogP contribution in [-0.4, -0.2) is 30.9 Å². The Morgan fingerprint density at radius 1 is 1.32 bits per heavy atom. The lowest BCUT2D eigenvalue weighted by Crippen LogP contribution is -2.33. The fourth-order valence-corrected chi connectivity index (χ4v) is 2.03. The lowest BCUT2D eigenvalue weighted by molar-refractivity contribution is -0.130. The number of hydrogen-bond acceptors (Lipinski definition) is 2. The average molecular weight is 262 g/mol. The van der Waals surface area contributed by atoms with Gasteiger partial charge in [-0.05, 0) is 37.8 Å². The number of hydrogen-bond donors (Lipinski definition) is 1. The lowest BCUT2D eigenvalue weighted by atomic mass is 10.1. The van der Waals surface area contributed by atoms with Gasteiger partial charge in [0, 0.05) is 20.0 Å². The Morgan fingerprint density at radius 2 is 1.95 bits per heavy atom. The van der Waals surface area contributed by atoms with Crippen LogP contribution in [0, 0.1) is 12.8 Å². The van der Waals surface area contributed by atoms with Gasteiger partial charge in [-0.2, -0.15) is 0 Å². The van der Waals surface area contributed by atoms with Crippen molar-refractivity contribution >= 4 is 5.91 Å². The Bertz CT molecular complexity index is 386. The first-order valence-electron chi connectivity index (χ1n) is 7.02. The maximum Gasteiger partial charge on any atom is 0.222 e. The minimum atomic E-state index is 0.215. The Morgan fingerprint density at radius 3 is 2.53 bits per heavy atom. The predicted molar refractivity (Wildman–Crippen MR) is 80.0 cm³/mol. The highest BCUT2D eigenvalue weighted by molar-refractivity contribution is 5.75. The molecule has 106 valence electrons. The summed E-state index contributed by atoms with van der Waals surface area (Å²) >= 11 is 0. The van der Waals surface area contributed by atoms with Gasteiger partial charge in [0.05, 0.1) is 0 Å². The molecule has 1 amide bonds. The van der Waals surface area contributed by atoms with E-state index in [0.29, 0.717) is 18.9 Å². The number of benzene rings is 1. The van der Waals surface area contributed by atoms with E-state index in [0.717, 1.165) is 19.4 Å². The Labute approximate surface area is 116 Å². The molecule has 0 aliphatic carbocycles. The van der Waals surface area contributed by atoms with Crippen molar-refractivity contribution in [2.24, 2.45) is 11.7 Å². The molecule has 2 N–H and O–H groups in total. The quantitative estimate of drug-likeness (QED) is 0.820. The fourth-order valence-electron chi connectivity index (χ4n) is 2.03. The van der Waals surface area contributed by atoms with Crippen molar-refractivity contribution in [1.29, 1.82) is 0 Å². The van der Waals surface area contributed by atoms with Gasteiger partial charge in [0.2, 0.25) is 5.91 Å². The summed E-state index contributed by atoms with van der Waals surface area (Å²) in [6.07, 6.45) is 2.48. The van der Waals surface area contributed by atoms with Crippen LogP contribution in [0.2, 0.25) is 0 Å². The van der Waals surface area contributed by atoms with E-state index in [1.807, 2.05) is 7.05 Å². The first-order valence-corrected chi connectivity index (χ1v) is 7.02. The topological polar surface area (TPSA) is 46.3 Å². The number of carbonyl (C=O) groups is 1. The summed E-state index contributed by atoms with van der Waals surface area (Å²) in [5.74, 6) is 0.582. The van der Waals surface area contributed by atoms with Gasteiger partial charge in [0.25, 0.3) is 0 Å². The third-order valence-electron chi connectivity index (χ3n) is 3.39. The number of nitrogens with zero attached hydrogens (tertiary/aromatic N) is 1. The molecule has 1 aromatic carbocycles. The van der Waals surface area contributed by atoms with E-state index >= 15 is 0 Å². The molecule has 1 aromatic rings. The molecule has 1 unspecified atom stereocenters. The van der Waals surface area contributed by atoms with E-state index in [1.165, 1.54) is 11.1 Å². The minimum absolute atomic E-state index is 0.215. The van der Waals surface area contributed by atoms with Gasteiger partial charge in [-0.1, -0.05) is 36.8 Å². The third-order valence-corrected chi connectivity index (χ3v) is 3.39. The molecule has 3 nitrogen and oxygen atoms in total. The number of aryl methyl sites for hydroxylation is 2. The third kappa shape index (κ3) is 5.88. The van der Waals surface area contributed by atoms with Crippen molar-refractivity contribution in [2.45, 2.75) is 33.1 Å². The van der Waals surface area contributed by atoms with E-state index in [4.69, 9.17) is 5.73 Å². The lowest BCUT2D eigenvalue weighted by Gasteiger charge is -2.20. The van der Waals surface area contributed by atoms with E-state index in [2.05, 4.69) is 38.1 Å². The predicted octanol–water partition coefficient (Wildman–Crippen LogP) is 2.37. The van der Waals surface area contributed by atoms with Crippen LogP contribution in [0.1, 0.15) is 30.9 Å². The molecule has 0 fully saturated rings. The summed E-state index contributed by atoms with van der Waals surface area (Å²) in [7, 11) is 1.86.